The molecule has 1 aromatic rings. The van der Waals surface area contributed by atoms with E-state index in [1.165, 1.54) is 12.1 Å². The van der Waals surface area contributed by atoms with Gasteiger partial charge in [0.05, 0.1) is 13.0 Å². The molecular formula is C16H18O7. The van der Waals surface area contributed by atoms with E-state index in [4.69, 9.17) is 19.3 Å². The second-order valence-corrected chi connectivity index (χ2v) is 5.61. The van der Waals surface area contributed by atoms with Crippen molar-refractivity contribution in [1.82, 2.24) is 0 Å². The number of rotatable bonds is 7. The number of ketones is 2. The topological polar surface area (TPSA) is 99.1 Å². The van der Waals surface area contributed by atoms with Gasteiger partial charge in [0.2, 0.25) is 5.78 Å². The lowest BCUT2D eigenvalue weighted by Gasteiger charge is -2.17. The summed E-state index contributed by atoms with van der Waals surface area (Å²) in [6.45, 7) is 4.41. The van der Waals surface area contributed by atoms with Gasteiger partial charge in [-0.05, 0) is 38.1 Å². The van der Waals surface area contributed by atoms with Gasteiger partial charge in [-0.3, -0.25) is 9.59 Å². The van der Waals surface area contributed by atoms with Gasteiger partial charge >= 0.3 is 5.97 Å². The Morgan fingerprint density at radius 2 is 1.91 bits per heavy atom. The van der Waals surface area contributed by atoms with Crippen LogP contribution in [0.15, 0.2) is 24.3 Å². The van der Waals surface area contributed by atoms with Gasteiger partial charge in [0.15, 0.2) is 11.6 Å². The highest BCUT2D eigenvalue weighted by Gasteiger charge is 2.32. The SMILES string of the molecule is CC1(C)OCC(COc2ccc(C(=O)CC(=O)C(=O)O)cc2)O1. The maximum Gasteiger partial charge on any atom is 0.372 e. The normalized spacial score (nSPS) is 19.3. The van der Waals surface area contributed by atoms with E-state index in [1.807, 2.05) is 13.8 Å². The first-order chi connectivity index (χ1) is 10.8. The van der Waals surface area contributed by atoms with Crippen molar-refractivity contribution in [2.45, 2.75) is 32.2 Å². The lowest BCUT2D eigenvalue weighted by molar-refractivity contribution is -0.148. The molecule has 1 aromatic carbocycles. The van der Waals surface area contributed by atoms with Crippen LogP contribution in [0.4, 0.5) is 0 Å². The molecule has 0 aliphatic carbocycles. The molecule has 1 unspecified atom stereocenters. The summed E-state index contributed by atoms with van der Waals surface area (Å²) in [7, 11) is 0. The minimum absolute atomic E-state index is 0.167. The largest absolute Gasteiger partial charge is 0.491 e. The average molecular weight is 322 g/mol. The number of hydrogen-bond acceptors (Lipinski definition) is 6. The van der Waals surface area contributed by atoms with Gasteiger partial charge in [-0.15, -0.1) is 0 Å². The zero-order valence-corrected chi connectivity index (χ0v) is 12.9. The summed E-state index contributed by atoms with van der Waals surface area (Å²) >= 11 is 0. The fourth-order valence-corrected chi connectivity index (χ4v) is 2.09. The number of carboxylic acids is 1. The number of carboxylic acid groups (broad SMARTS) is 1. The van der Waals surface area contributed by atoms with Crippen LogP contribution >= 0.6 is 0 Å². The molecular weight excluding hydrogens is 304 g/mol. The van der Waals surface area contributed by atoms with E-state index >= 15 is 0 Å². The zero-order chi connectivity index (χ0) is 17.0. The number of ether oxygens (including phenoxy) is 3. The second-order valence-electron chi connectivity index (χ2n) is 5.61. The first-order valence-electron chi connectivity index (χ1n) is 7.11. The molecule has 0 aromatic heterocycles. The molecule has 1 heterocycles. The third-order valence-electron chi connectivity index (χ3n) is 3.24. The highest BCUT2D eigenvalue weighted by Crippen LogP contribution is 2.23. The Hall–Kier alpha value is -2.25. The van der Waals surface area contributed by atoms with Gasteiger partial charge in [0.1, 0.15) is 18.5 Å². The quantitative estimate of drug-likeness (QED) is 0.460. The maximum absolute atomic E-state index is 11.7. The Balaban J connectivity index is 1.86. The fraction of sp³-hybridized carbons (Fsp3) is 0.438. The summed E-state index contributed by atoms with van der Waals surface area (Å²) in [4.78, 5) is 33.2. The molecule has 0 amide bonds. The van der Waals surface area contributed by atoms with Crippen LogP contribution in [0.25, 0.3) is 0 Å². The van der Waals surface area contributed by atoms with Crippen molar-refractivity contribution < 1.29 is 33.7 Å². The predicted molar refractivity (Wildman–Crippen MR) is 78.4 cm³/mol. The third-order valence-corrected chi connectivity index (χ3v) is 3.24. The van der Waals surface area contributed by atoms with Crippen molar-refractivity contribution >= 4 is 17.5 Å². The van der Waals surface area contributed by atoms with Crippen molar-refractivity contribution in [1.29, 1.82) is 0 Å². The number of hydrogen-bond donors (Lipinski definition) is 1. The van der Waals surface area contributed by atoms with Crippen molar-refractivity contribution in [3.8, 4) is 5.75 Å². The van der Waals surface area contributed by atoms with Crippen LogP contribution in [-0.2, 0) is 19.1 Å². The average Bonchev–Trinajstić information content (AvgIpc) is 2.84. The minimum atomic E-state index is -1.61. The Kier molecular flexibility index (Phi) is 5.12. The fourth-order valence-electron chi connectivity index (χ4n) is 2.09. The molecule has 1 saturated heterocycles. The van der Waals surface area contributed by atoms with E-state index in [2.05, 4.69) is 0 Å². The number of carbonyl (C=O) groups is 3. The van der Waals surface area contributed by atoms with Crippen LogP contribution in [0.2, 0.25) is 0 Å². The van der Waals surface area contributed by atoms with Crippen molar-refractivity contribution in [3.05, 3.63) is 29.8 Å². The summed E-state index contributed by atoms with van der Waals surface area (Å²) in [5.41, 5.74) is 0.258. The molecule has 0 bridgehead atoms. The standard InChI is InChI=1S/C16H18O7/c1-16(2)22-9-12(23-16)8-21-11-5-3-10(4-6-11)13(17)7-14(18)15(19)20/h3-6,12H,7-9H2,1-2H3,(H,19,20). The van der Waals surface area contributed by atoms with E-state index in [1.54, 1.807) is 12.1 Å². The monoisotopic (exact) mass is 322 g/mol. The molecule has 1 N–H and O–H groups in total. The van der Waals surface area contributed by atoms with Crippen LogP contribution < -0.4 is 4.74 Å². The van der Waals surface area contributed by atoms with Crippen molar-refractivity contribution in [2.75, 3.05) is 13.2 Å². The number of carbonyl (C=O) groups excluding carboxylic acids is 2. The molecule has 0 radical (unpaired) electrons. The second kappa shape index (κ2) is 6.89. The van der Waals surface area contributed by atoms with Crippen LogP contribution in [0.5, 0.6) is 5.75 Å². The van der Waals surface area contributed by atoms with E-state index in [9.17, 15) is 14.4 Å². The molecule has 2 rings (SSSR count). The Bertz CT molecular complexity index is 603. The van der Waals surface area contributed by atoms with Gasteiger partial charge in [-0.1, -0.05) is 0 Å². The Morgan fingerprint density at radius 1 is 1.26 bits per heavy atom. The van der Waals surface area contributed by atoms with Crippen molar-refractivity contribution in [2.24, 2.45) is 0 Å². The molecule has 7 nitrogen and oxygen atoms in total. The first kappa shape index (κ1) is 17.1. The predicted octanol–water partition coefficient (Wildman–Crippen LogP) is 1.44. The van der Waals surface area contributed by atoms with Crippen LogP contribution in [-0.4, -0.2) is 47.7 Å². The van der Waals surface area contributed by atoms with Crippen LogP contribution in [0, 0.1) is 0 Å². The van der Waals surface area contributed by atoms with Gasteiger partial charge in [-0.2, -0.15) is 0 Å². The zero-order valence-electron chi connectivity index (χ0n) is 12.9. The van der Waals surface area contributed by atoms with Gasteiger partial charge in [0.25, 0.3) is 0 Å². The summed E-state index contributed by atoms with van der Waals surface area (Å²) < 4.78 is 16.6. The molecule has 7 heteroatoms. The van der Waals surface area contributed by atoms with E-state index in [-0.39, 0.29) is 11.7 Å². The summed E-state index contributed by atoms with van der Waals surface area (Å²) in [6, 6.07) is 6.14. The minimum Gasteiger partial charge on any atom is -0.491 e. The molecule has 0 spiro atoms. The first-order valence-corrected chi connectivity index (χ1v) is 7.11. The summed E-state index contributed by atoms with van der Waals surface area (Å²) in [5, 5.41) is 8.49. The molecule has 23 heavy (non-hydrogen) atoms. The van der Waals surface area contributed by atoms with Crippen LogP contribution in [0.3, 0.4) is 0 Å². The molecule has 1 atom stereocenters. The summed E-state index contributed by atoms with van der Waals surface area (Å²) in [6.07, 6.45) is -0.822. The number of aliphatic carboxylic acids is 1. The molecule has 124 valence electrons. The molecule has 1 fully saturated rings. The highest BCUT2D eigenvalue weighted by molar-refractivity contribution is 6.37. The van der Waals surface area contributed by atoms with Crippen molar-refractivity contribution in [3.63, 3.8) is 0 Å². The molecule has 1 aliphatic rings. The summed E-state index contributed by atoms with van der Waals surface area (Å²) in [5.74, 6) is -3.35. The Labute approximate surface area is 133 Å². The lowest BCUT2D eigenvalue weighted by atomic mass is 10.1. The third kappa shape index (κ3) is 4.87. The van der Waals surface area contributed by atoms with Gasteiger partial charge in [0, 0.05) is 5.56 Å². The lowest BCUT2D eigenvalue weighted by Crippen LogP contribution is -2.25. The number of Topliss-reactive ketones (excluding diaryl/α,β-unsaturated/α-hetero) is 2. The van der Waals surface area contributed by atoms with E-state index < -0.39 is 29.7 Å². The van der Waals surface area contributed by atoms with Crippen LogP contribution in [0.1, 0.15) is 30.6 Å². The Morgan fingerprint density at radius 3 is 2.43 bits per heavy atom. The van der Waals surface area contributed by atoms with E-state index in [0.717, 1.165) is 0 Å². The molecule has 0 saturated carbocycles. The molecule has 1 aliphatic heterocycles. The van der Waals surface area contributed by atoms with Gasteiger partial charge < -0.3 is 19.3 Å². The van der Waals surface area contributed by atoms with Gasteiger partial charge in [-0.25, -0.2) is 4.79 Å². The maximum atomic E-state index is 11.7. The smallest absolute Gasteiger partial charge is 0.372 e. The van der Waals surface area contributed by atoms with E-state index in [0.29, 0.717) is 19.0 Å². The number of benzene rings is 1. The highest BCUT2D eigenvalue weighted by atomic mass is 16.7.